The second kappa shape index (κ2) is 3.84. The fourth-order valence-electron chi connectivity index (χ4n) is 1.71. The summed E-state index contributed by atoms with van der Waals surface area (Å²) in [6, 6.07) is 10.2. The number of thiocarbonyl (C=S) groups is 1. The van der Waals surface area contributed by atoms with E-state index in [9.17, 15) is 0 Å². The van der Waals surface area contributed by atoms with Crippen LogP contribution in [0.1, 0.15) is 6.42 Å². The molecule has 1 aliphatic rings. The zero-order valence-corrected chi connectivity index (χ0v) is 8.70. The van der Waals surface area contributed by atoms with Crippen molar-refractivity contribution in [2.75, 3.05) is 18.1 Å². The van der Waals surface area contributed by atoms with Gasteiger partial charge in [-0.2, -0.15) is 0 Å². The third-order valence-corrected chi connectivity index (χ3v) is 2.55. The molecular weight excluding hydrogens is 194 g/mol. The average molecular weight is 207 g/mol. The van der Waals surface area contributed by atoms with E-state index in [1.807, 2.05) is 23.2 Å². The van der Waals surface area contributed by atoms with Gasteiger partial charge >= 0.3 is 0 Å². The van der Waals surface area contributed by atoms with Crippen molar-refractivity contribution in [3.05, 3.63) is 30.3 Å². The van der Waals surface area contributed by atoms with Gasteiger partial charge in [0.25, 0.3) is 0 Å². The first-order valence-electron chi connectivity index (χ1n) is 4.68. The molecule has 0 spiro atoms. The number of para-hydroxylation sites is 1. The number of nitrogens with zero attached hydrogens (tertiary/aromatic N) is 2. The summed E-state index contributed by atoms with van der Waals surface area (Å²) in [5.41, 5.74) is 6.79. The van der Waals surface area contributed by atoms with Gasteiger partial charge in [-0.3, -0.25) is 10.0 Å². The van der Waals surface area contributed by atoms with Crippen molar-refractivity contribution in [1.82, 2.24) is 5.01 Å². The summed E-state index contributed by atoms with van der Waals surface area (Å²) in [5, 5.41) is 4.53. The van der Waals surface area contributed by atoms with Crippen LogP contribution in [-0.4, -0.2) is 23.2 Å². The fourth-order valence-corrected chi connectivity index (χ4v) is 1.90. The summed E-state index contributed by atoms with van der Waals surface area (Å²) in [7, 11) is 0. The van der Waals surface area contributed by atoms with E-state index in [4.69, 9.17) is 18.0 Å². The molecule has 0 radical (unpaired) electrons. The maximum Gasteiger partial charge on any atom is 0.185 e. The predicted octanol–water partition coefficient (Wildman–Crippen LogP) is 1.36. The van der Waals surface area contributed by atoms with Crippen molar-refractivity contribution < 1.29 is 0 Å². The molecule has 1 aromatic rings. The van der Waals surface area contributed by atoms with Gasteiger partial charge in [0.1, 0.15) is 0 Å². The zero-order valence-electron chi connectivity index (χ0n) is 7.89. The Morgan fingerprint density at radius 3 is 2.57 bits per heavy atom. The first-order valence-corrected chi connectivity index (χ1v) is 5.09. The number of hydrogen-bond donors (Lipinski definition) is 1. The van der Waals surface area contributed by atoms with Crippen molar-refractivity contribution in [3.63, 3.8) is 0 Å². The van der Waals surface area contributed by atoms with Gasteiger partial charge in [-0.15, -0.1) is 0 Å². The molecule has 0 aliphatic carbocycles. The number of benzene rings is 1. The Hall–Kier alpha value is -1.29. The van der Waals surface area contributed by atoms with E-state index in [-0.39, 0.29) is 0 Å². The first-order chi connectivity index (χ1) is 6.79. The standard InChI is InChI=1S/C10H13N3S/c11-10(14)13-8-4-7-12(13)9-5-2-1-3-6-9/h1-3,5-6H,4,7-8H2,(H2,11,14). The predicted molar refractivity (Wildman–Crippen MR) is 61.9 cm³/mol. The highest BCUT2D eigenvalue weighted by Gasteiger charge is 2.22. The van der Waals surface area contributed by atoms with Crippen LogP contribution in [0.3, 0.4) is 0 Å². The van der Waals surface area contributed by atoms with E-state index >= 15 is 0 Å². The third-order valence-electron chi connectivity index (χ3n) is 2.34. The normalized spacial score (nSPS) is 16.0. The van der Waals surface area contributed by atoms with Gasteiger partial charge in [0.2, 0.25) is 0 Å². The molecule has 0 atom stereocenters. The zero-order chi connectivity index (χ0) is 9.97. The minimum absolute atomic E-state index is 0.450. The highest BCUT2D eigenvalue weighted by molar-refractivity contribution is 7.80. The van der Waals surface area contributed by atoms with Crippen LogP contribution in [0.5, 0.6) is 0 Å². The maximum atomic E-state index is 5.64. The van der Waals surface area contributed by atoms with Crippen molar-refractivity contribution in [2.24, 2.45) is 5.73 Å². The molecule has 3 nitrogen and oxygen atoms in total. The smallest absolute Gasteiger partial charge is 0.185 e. The lowest BCUT2D eigenvalue weighted by Crippen LogP contribution is -2.44. The summed E-state index contributed by atoms with van der Waals surface area (Å²) < 4.78 is 0. The molecule has 74 valence electrons. The molecule has 0 amide bonds. The van der Waals surface area contributed by atoms with E-state index < -0.39 is 0 Å². The van der Waals surface area contributed by atoms with Gasteiger partial charge in [-0.25, -0.2) is 0 Å². The molecule has 0 bridgehead atoms. The van der Waals surface area contributed by atoms with Crippen molar-refractivity contribution >= 4 is 23.0 Å². The lowest BCUT2D eigenvalue weighted by molar-refractivity contribution is 0.482. The Balaban J connectivity index is 2.22. The Labute approximate surface area is 89.1 Å². The molecule has 2 rings (SSSR count). The largest absolute Gasteiger partial charge is 0.375 e. The molecule has 14 heavy (non-hydrogen) atoms. The van der Waals surface area contributed by atoms with Gasteiger partial charge in [-0.1, -0.05) is 18.2 Å². The SMILES string of the molecule is NC(=S)N1CCCN1c1ccccc1. The molecule has 0 saturated carbocycles. The Kier molecular flexibility index (Phi) is 2.54. The topological polar surface area (TPSA) is 32.5 Å². The fraction of sp³-hybridized carbons (Fsp3) is 0.300. The number of nitrogens with two attached hydrogens (primary N) is 1. The van der Waals surface area contributed by atoms with Gasteiger partial charge in [0, 0.05) is 13.1 Å². The lowest BCUT2D eigenvalue weighted by Gasteiger charge is -2.29. The molecule has 2 N–H and O–H groups in total. The number of hydrazine groups is 1. The van der Waals surface area contributed by atoms with Crippen LogP contribution in [-0.2, 0) is 0 Å². The van der Waals surface area contributed by atoms with Crippen molar-refractivity contribution in [1.29, 1.82) is 0 Å². The summed E-state index contributed by atoms with van der Waals surface area (Å²) in [6.07, 6.45) is 1.10. The quantitative estimate of drug-likeness (QED) is 0.705. The molecule has 4 heteroatoms. The molecule has 1 fully saturated rings. The van der Waals surface area contributed by atoms with Crippen LogP contribution in [0.15, 0.2) is 30.3 Å². The molecule has 1 aromatic carbocycles. The Bertz CT molecular complexity index is 325. The van der Waals surface area contributed by atoms with Gasteiger partial charge in [0.05, 0.1) is 5.69 Å². The van der Waals surface area contributed by atoms with Crippen LogP contribution in [0.25, 0.3) is 0 Å². The van der Waals surface area contributed by atoms with Crippen molar-refractivity contribution in [2.45, 2.75) is 6.42 Å². The summed E-state index contributed by atoms with van der Waals surface area (Å²) >= 11 is 4.99. The molecule has 1 heterocycles. The minimum Gasteiger partial charge on any atom is -0.375 e. The average Bonchev–Trinajstić information content (AvgIpc) is 2.67. The van der Waals surface area contributed by atoms with Crippen LogP contribution in [0, 0.1) is 0 Å². The monoisotopic (exact) mass is 207 g/mol. The molecule has 0 aromatic heterocycles. The number of rotatable bonds is 1. The van der Waals surface area contributed by atoms with Crippen LogP contribution >= 0.6 is 12.2 Å². The first kappa shape index (κ1) is 9.27. The third kappa shape index (κ3) is 1.65. The van der Waals surface area contributed by atoms with Gasteiger partial charge in [0.15, 0.2) is 5.11 Å². The van der Waals surface area contributed by atoms with Gasteiger partial charge in [-0.05, 0) is 30.8 Å². The second-order valence-corrected chi connectivity index (χ2v) is 3.69. The van der Waals surface area contributed by atoms with Crippen molar-refractivity contribution in [3.8, 4) is 0 Å². The van der Waals surface area contributed by atoms with Crippen LogP contribution < -0.4 is 10.7 Å². The van der Waals surface area contributed by atoms with E-state index in [1.54, 1.807) is 0 Å². The number of anilines is 1. The van der Waals surface area contributed by atoms with E-state index in [0.29, 0.717) is 5.11 Å². The second-order valence-electron chi connectivity index (χ2n) is 3.27. The van der Waals surface area contributed by atoms with E-state index in [1.165, 1.54) is 0 Å². The Morgan fingerprint density at radius 2 is 1.93 bits per heavy atom. The minimum atomic E-state index is 0.450. The summed E-state index contributed by atoms with van der Waals surface area (Å²) in [5.74, 6) is 0. The van der Waals surface area contributed by atoms with E-state index in [2.05, 4.69) is 17.1 Å². The van der Waals surface area contributed by atoms with Gasteiger partial charge < -0.3 is 5.73 Å². The van der Waals surface area contributed by atoms with E-state index in [0.717, 1.165) is 25.2 Å². The summed E-state index contributed by atoms with van der Waals surface area (Å²) in [6.45, 7) is 1.91. The summed E-state index contributed by atoms with van der Waals surface area (Å²) in [4.78, 5) is 0. The highest BCUT2D eigenvalue weighted by Crippen LogP contribution is 2.20. The molecule has 1 aliphatic heterocycles. The molecule has 1 saturated heterocycles. The Morgan fingerprint density at radius 1 is 1.21 bits per heavy atom. The molecular formula is C10H13N3S. The lowest BCUT2D eigenvalue weighted by atomic mass is 10.3. The highest BCUT2D eigenvalue weighted by atomic mass is 32.1. The van der Waals surface area contributed by atoms with Crippen LogP contribution in [0.2, 0.25) is 0 Å². The number of hydrogen-bond acceptors (Lipinski definition) is 2. The van der Waals surface area contributed by atoms with Crippen LogP contribution in [0.4, 0.5) is 5.69 Å². The maximum absolute atomic E-state index is 5.64. The molecule has 0 unspecified atom stereocenters.